The molecule has 0 bridgehead atoms. The number of ether oxygens (including phenoxy) is 1. The summed E-state index contributed by atoms with van der Waals surface area (Å²) in [5.74, 6) is 1.56. The Labute approximate surface area is 141 Å². The van der Waals surface area contributed by atoms with E-state index in [1.54, 1.807) is 17.0 Å². The molecule has 1 aromatic heterocycles. The zero-order chi connectivity index (χ0) is 17.1. The number of aryl methyl sites for hydroxylation is 2. The Morgan fingerprint density at radius 1 is 1.29 bits per heavy atom. The van der Waals surface area contributed by atoms with Crippen LogP contribution in [0.2, 0.25) is 0 Å². The third-order valence-corrected chi connectivity index (χ3v) is 4.16. The fourth-order valence-corrected chi connectivity index (χ4v) is 2.77. The molecule has 1 amide bonds. The molecule has 0 saturated heterocycles. The lowest BCUT2D eigenvalue weighted by Gasteiger charge is -2.19. The summed E-state index contributed by atoms with van der Waals surface area (Å²) in [6.07, 6.45) is 1.99. The molecule has 24 heavy (non-hydrogen) atoms. The number of hydrogen-bond acceptors (Lipinski definition) is 4. The molecule has 3 rings (SSSR count). The van der Waals surface area contributed by atoms with Gasteiger partial charge in [-0.25, -0.2) is 0 Å². The predicted octanol–water partition coefficient (Wildman–Crippen LogP) is 3.07. The van der Waals surface area contributed by atoms with Crippen LogP contribution >= 0.6 is 0 Å². The van der Waals surface area contributed by atoms with Gasteiger partial charge < -0.3 is 19.2 Å². The lowest BCUT2D eigenvalue weighted by Crippen LogP contribution is -2.35. The first-order valence-electron chi connectivity index (χ1n) is 8.29. The lowest BCUT2D eigenvalue weighted by atomic mass is 10.1. The smallest absolute Gasteiger partial charge is 0.289 e. The van der Waals surface area contributed by atoms with Gasteiger partial charge in [0.1, 0.15) is 18.1 Å². The van der Waals surface area contributed by atoms with E-state index in [1.807, 2.05) is 26.0 Å². The highest BCUT2D eigenvalue weighted by Gasteiger charge is 2.33. The van der Waals surface area contributed by atoms with Crippen LogP contribution in [-0.2, 0) is 6.61 Å². The van der Waals surface area contributed by atoms with E-state index in [9.17, 15) is 4.79 Å². The second-order valence-electron chi connectivity index (χ2n) is 6.28. The Hall–Kier alpha value is -2.27. The maximum absolute atomic E-state index is 12.5. The third-order valence-electron chi connectivity index (χ3n) is 4.16. The summed E-state index contributed by atoms with van der Waals surface area (Å²) in [5.41, 5.74) is 2.26. The molecule has 1 aromatic carbocycles. The quantitative estimate of drug-likeness (QED) is 0.848. The molecule has 0 unspecified atom stereocenters. The van der Waals surface area contributed by atoms with Crippen LogP contribution in [0.1, 0.15) is 40.3 Å². The number of nitrogens with zero attached hydrogens (tertiary/aromatic N) is 1. The summed E-state index contributed by atoms with van der Waals surface area (Å²) in [6.45, 7) is 4.63. The molecule has 1 heterocycles. The lowest BCUT2D eigenvalue weighted by molar-refractivity contribution is 0.0671. The van der Waals surface area contributed by atoms with E-state index in [4.69, 9.17) is 14.3 Å². The fraction of sp³-hybridized carbons (Fsp3) is 0.421. The third kappa shape index (κ3) is 3.79. The van der Waals surface area contributed by atoms with Crippen molar-refractivity contribution in [3.63, 3.8) is 0 Å². The van der Waals surface area contributed by atoms with Crippen molar-refractivity contribution in [3.8, 4) is 5.75 Å². The molecule has 1 N–H and O–H groups in total. The minimum absolute atomic E-state index is 0.0361. The molecule has 2 aromatic rings. The molecule has 0 atom stereocenters. The normalized spacial score (nSPS) is 13.8. The SMILES string of the molecule is Cc1ccc(OCc2ccc(C(=O)N(CCO)C3CC3)o2)c(C)c1. The Kier molecular flexibility index (Phi) is 4.90. The molecule has 5 nitrogen and oxygen atoms in total. The number of aliphatic hydroxyl groups is 1. The monoisotopic (exact) mass is 329 g/mol. The Morgan fingerprint density at radius 3 is 2.75 bits per heavy atom. The molecular formula is C19H23NO4. The number of hydrogen-bond donors (Lipinski definition) is 1. The van der Waals surface area contributed by atoms with Crippen molar-refractivity contribution in [2.45, 2.75) is 39.3 Å². The van der Waals surface area contributed by atoms with E-state index < -0.39 is 0 Å². The highest BCUT2D eigenvalue weighted by Crippen LogP contribution is 2.28. The molecule has 5 heteroatoms. The average Bonchev–Trinajstić information content (AvgIpc) is 3.29. The molecule has 128 valence electrons. The minimum atomic E-state index is -0.163. The number of furan rings is 1. The number of aliphatic hydroxyl groups excluding tert-OH is 1. The van der Waals surface area contributed by atoms with Gasteiger partial charge in [0.15, 0.2) is 5.76 Å². The fourth-order valence-electron chi connectivity index (χ4n) is 2.77. The van der Waals surface area contributed by atoms with Crippen LogP contribution in [-0.4, -0.2) is 35.1 Å². The van der Waals surface area contributed by atoms with Crippen molar-refractivity contribution in [1.82, 2.24) is 4.90 Å². The predicted molar refractivity (Wildman–Crippen MR) is 90.1 cm³/mol. The molecule has 1 aliphatic rings. The van der Waals surface area contributed by atoms with Gasteiger partial charge in [-0.2, -0.15) is 0 Å². The number of carbonyl (C=O) groups excluding carboxylic acids is 1. The van der Waals surface area contributed by atoms with Crippen LogP contribution in [0.5, 0.6) is 5.75 Å². The number of carbonyl (C=O) groups is 1. The summed E-state index contributed by atoms with van der Waals surface area (Å²) < 4.78 is 11.4. The van der Waals surface area contributed by atoms with Gasteiger partial charge >= 0.3 is 0 Å². The van der Waals surface area contributed by atoms with Gasteiger partial charge in [0.2, 0.25) is 0 Å². The van der Waals surface area contributed by atoms with Gasteiger partial charge in [-0.05, 0) is 50.5 Å². The van der Waals surface area contributed by atoms with Gasteiger partial charge in [-0.3, -0.25) is 4.79 Å². The van der Waals surface area contributed by atoms with Crippen LogP contribution in [0.25, 0.3) is 0 Å². The molecule has 1 saturated carbocycles. The molecule has 0 aliphatic heterocycles. The standard InChI is InChI=1S/C19H23NO4/c1-13-3-7-17(14(2)11-13)23-12-16-6-8-18(24-16)19(22)20(9-10-21)15-4-5-15/h3,6-8,11,15,21H,4-5,9-10,12H2,1-2H3. The Balaban J connectivity index is 1.63. The van der Waals surface area contributed by atoms with Gasteiger partial charge in [0.05, 0.1) is 6.61 Å². The first kappa shape index (κ1) is 16.6. The first-order chi connectivity index (χ1) is 11.6. The van der Waals surface area contributed by atoms with Crippen LogP contribution < -0.4 is 4.74 Å². The second-order valence-corrected chi connectivity index (χ2v) is 6.28. The number of benzene rings is 1. The minimum Gasteiger partial charge on any atom is -0.485 e. The van der Waals surface area contributed by atoms with Crippen LogP contribution in [0.3, 0.4) is 0 Å². The molecule has 0 radical (unpaired) electrons. The van der Waals surface area contributed by atoms with E-state index >= 15 is 0 Å². The van der Waals surface area contributed by atoms with Gasteiger partial charge in [0.25, 0.3) is 5.91 Å². The maximum Gasteiger partial charge on any atom is 0.289 e. The van der Waals surface area contributed by atoms with E-state index in [2.05, 4.69) is 6.07 Å². The zero-order valence-electron chi connectivity index (χ0n) is 14.1. The van der Waals surface area contributed by atoms with E-state index in [0.29, 0.717) is 18.1 Å². The van der Waals surface area contributed by atoms with Crippen molar-refractivity contribution < 1.29 is 19.1 Å². The number of rotatable bonds is 7. The first-order valence-corrected chi connectivity index (χ1v) is 8.29. The van der Waals surface area contributed by atoms with Gasteiger partial charge in [0, 0.05) is 12.6 Å². The Bertz CT molecular complexity index is 718. The van der Waals surface area contributed by atoms with Crippen molar-refractivity contribution in [2.75, 3.05) is 13.2 Å². The van der Waals surface area contributed by atoms with Crippen molar-refractivity contribution >= 4 is 5.91 Å². The van der Waals surface area contributed by atoms with Crippen LogP contribution in [0.4, 0.5) is 0 Å². The summed E-state index contributed by atoms with van der Waals surface area (Å²) in [6, 6.07) is 9.69. The molecule has 1 fully saturated rings. The summed E-state index contributed by atoms with van der Waals surface area (Å²) in [5, 5.41) is 9.13. The largest absolute Gasteiger partial charge is 0.485 e. The topological polar surface area (TPSA) is 62.9 Å². The zero-order valence-corrected chi connectivity index (χ0v) is 14.1. The maximum atomic E-state index is 12.5. The second kappa shape index (κ2) is 7.09. The number of amides is 1. The van der Waals surface area contributed by atoms with E-state index in [0.717, 1.165) is 24.2 Å². The van der Waals surface area contributed by atoms with E-state index in [1.165, 1.54) is 5.56 Å². The van der Waals surface area contributed by atoms with Crippen LogP contribution in [0, 0.1) is 13.8 Å². The Morgan fingerprint density at radius 2 is 2.08 bits per heavy atom. The van der Waals surface area contributed by atoms with Crippen molar-refractivity contribution in [3.05, 3.63) is 53.0 Å². The molecular weight excluding hydrogens is 306 g/mol. The summed E-state index contributed by atoms with van der Waals surface area (Å²) in [4.78, 5) is 14.2. The highest BCUT2D eigenvalue weighted by molar-refractivity contribution is 5.92. The summed E-state index contributed by atoms with van der Waals surface area (Å²) >= 11 is 0. The van der Waals surface area contributed by atoms with Crippen molar-refractivity contribution in [2.24, 2.45) is 0 Å². The van der Waals surface area contributed by atoms with Gasteiger partial charge in [-0.15, -0.1) is 0 Å². The van der Waals surface area contributed by atoms with Gasteiger partial charge in [-0.1, -0.05) is 17.7 Å². The van der Waals surface area contributed by atoms with Crippen LogP contribution in [0.15, 0.2) is 34.7 Å². The molecule has 0 spiro atoms. The summed E-state index contributed by atoms with van der Waals surface area (Å²) in [7, 11) is 0. The highest BCUT2D eigenvalue weighted by atomic mass is 16.5. The van der Waals surface area contributed by atoms with E-state index in [-0.39, 0.29) is 25.2 Å². The molecule has 1 aliphatic carbocycles. The van der Waals surface area contributed by atoms with Crippen molar-refractivity contribution in [1.29, 1.82) is 0 Å². The average molecular weight is 329 g/mol.